The van der Waals surface area contributed by atoms with E-state index < -0.39 is 13.4 Å². The van der Waals surface area contributed by atoms with Gasteiger partial charge in [-0.15, -0.1) is 0 Å². The van der Waals surface area contributed by atoms with Gasteiger partial charge in [0, 0.05) is 13.5 Å². The molecule has 0 amide bonds. The molecule has 1 saturated heterocycles. The van der Waals surface area contributed by atoms with Crippen LogP contribution in [0.1, 0.15) is 37.6 Å². The summed E-state index contributed by atoms with van der Waals surface area (Å²) in [6.45, 7) is 8.44. The van der Waals surface area contributed by atoms with Gasteiger partial charge in [-0.1, -0.05) is 0 Å². The summed E-state index contributed by atoms with van der Waals surface area (Å²) in [6.07, 6.45) is 1.99. The molecule has 138 valence electrons. The van der Waals surface area contributed by atoms with Gasteiger partial charge in [0.2, 0.25) is 0 Å². The van der Waals surface area contributed by atoms with Crippen molar-refractivity contribution in [1.29, 1.82) is 0 Å². The fourth-order valence-corrected chi connectivity index (χ4v) is 5.24. The molecule has 8 heteroatoms. The lowest BCUT2D eigenvalue weighted by atomic mass is 10.1. The van der Waals surface area contributed by atoms with E-state index in [-0.39, 0.29) is 6.23 Å². The first-order valence-electron chi connectivity index (χ1n) is 8.61. The van der Waals surface area contributed by atoms with Gasteiger partial charge in [-0.3, -0.25) is 9.40 Å². The summed E-state index contributed by atoms with van der Waals surface area (Å²) in [5.74, 6) is -0.443. The van der Waals surface area contributed by atoms with Crippen molar-refractivity contribution in [3.63, 3.8) is 0 Å². The van der Waals surface area contributed by atoms with Gasteiger partial charge in [0.15, 0.2) is 6.23 Å². The van der Waals surface area contributed by atoms with Crippen LogP contribution in [0.5, 0.6) is 0 Å². The molecule has 0 unspecified atom stereocenters. The SMILES string of the molecule is CCOP(=O)(OCC)[C@H]1C[C@H](n2cnc3cc(C)c(C)cc32)ON1C. The topological polar surface area (TPSA) is 65.8 Å². The molecule has 1 fully saturated rings. The van der Waals surface area contributed by atoms with Gasteiger partial charge < -0.3 is 13.6 Å². The number of nitrogens with zero attached hydrogens (tertiary/aromatic N) is 3. The summed E-state index contributed by atoms with van der Waals surface area (Å²) in [4.78, 5) is 10.4. The highest BCUT2D eigenvalue weighted by atomic mass is 31.2. The standard InChI is InChI=1S/C17H26N3O4P/c1-6-22-25(21,23-7-2)17-10-16(24-19(17)5)20-11-18-14-8-12(3)13(4)9-15(14)20/h8-9,11,16-17H,6-7,10H2,1-5H3/t16-,17+/m1/s1. The number of hydroxylamine groups is 2. The normalized spacial score (nSPS) is 22.1. The highest BCUT2D eigenvalue weighted by Crippen LogP contribution is 2.58. The van der Waals surface area contributed by atoms with Crippen molar-refractivity contribution in [2.75, 3.05) is 20.3 Å². The quantitative estimate of drug-likeness (QED) is 0.719. The molecule has 25 heavy (non-hydrogen) atoms. The van der Waals surface area contributed by atoms with Crippen LogP contribution in [0.15, 0.2) is 18.5 Å². The molecular formula is C17H26N3O4P. The molecule has 2 aromatic rings. The highest BCUT2D eigenvalue weighted by molar-refractivity contribution is 7.54. The van der Waals surface area contributed by atoms with E-state index in [9.17, 15) is 4.57 Å². The number of hydrogen-bond donors (Lipinski definition) is 0. The first-order chi connectivity index (χ1) is 11.9. The van der Waals surface area contributed by atoms with Crippen LogP contribution in [0.4, 0.5) is 0 Å². The molecular weight excluding hydrogens is 341 g/mol. The summed E-state index contributed by atoms with van der Waals surface area (Å²) in [5.41, 5.74) is 4.34. The van der Waals surface area contributed by atoms with Crippen LogP contribution in [0.25, 0.3) is 11.0 Å². The third-order valence-electron chi connectivity index (χ3n) is 4.60. The van der Waals surface area contributed by atoms with Crippen molar-refractivity contribution in [3.05, 3.63) is 29.6 Å². The summed E-state index contributed by atoms with van der Waals surface area (Å²) in [6, 6.07) is 4.18. The monoisotopic (exact) mass is 367 g/mol. The molecule has 1 aromatic carbocycles. The van der Waals surface area contributed by atoms with E-state index in [2.05, 4.69) is 31.0 Å². The van der Waals surface area contributed by atoms with Gasteiger partial charge in [-0.05, 0) is 51.0 Å². The maximum atomic E-state index is 13.1. The van der Waals surface area contributed by atoms with Crippen LogP contribution in [0.2, 0.25) is 0 Å². The highest BCUT2D eigenvalue weighted by Gasteiger charge is 2.46. The fraction of sp³-hybridized carbons (Fsp3) is 0.588. The van der Waals surface area contributed by atoms with E-state index in [0.29, 0.717) is 19.6 Å². The number of imidazole rings is 1. The van der Waals surface area contributed by atoms with Gasteiger partial charge in [-0.2, -0.15) is 5.06 Å². The lowest BCUT2D eigenvalue weighted by molar-refractivity contribution is -0.157. The summed E-state index contributed by atoms with van der Waals surface area (Å²) < 4.78 is 26.1. The lowest BCUT2D eigenvalue weighted by Gasteiger charge is -2.25. The Kier molecular flexibility index (Phi) is 5.32. The minimum absolute atomic E-state index is 0.295. The largest absolute Gasteiger partial charge is 0.350 e. The second-order valence-electron chi connectivity index (χ2n) is 6.27. The van der Waals surface area contributed by atoms with Crippen molar-refractivity contribution < 1.29 is 18.5 Å². The molecule has 0 N–H and O–H groups in total. The van der Waals surface area contributed by atoms with E-state index in [1.807, 2.05) is 18.4 Å². The average molecular weight is 367 g/mol. The number of fused-ring (bicyclic) bond motifs is 1. The van der Waals surface area contributed by atoms with E-state index in [1.165, 1.54) is 11.1 Å². The predicted molar refractivity (Wildman–Crippen MR) is 96.4 cm³/mol. The minimum atomic E-state index is -3.27. The molecule has 2 atom stereocenters. The van der Waals surface area contributed by atoms with Gasteiger partial charge in [0.25, 0.3) is 0 Å². The molecule has 2 heterocycles. The van der Waals surface area contributed by atoms with E-state index in [0.717, 1.165) is 11.0 Å². The summed E-state index contributed by atoms with van der Waals surface area (Å²) >= 11 is 0. The van der Waals surface area contributed by atoms with Crippen LogP contribution in [0.3, 0.4) is 0 Å². The summed E-state index contributed by atoms with van der Waals surface area (Å²) in [5, 5.41) is 1.60. The molecule has 0 saturated carbocycles. The Morgan fingerprint density at radius 1 is 1.24 bits per heavy atom. The van der Waals surface area contributed by atoms with Crippen molar-refractivity contribution in [3.8, 4) is 0 Å². The van der Waals surface area contributed by atoms with Crippen LogP contribution >= 0.6 is 7.60 Å². The van der Waals surface area contributed by atoms with E-state index >= 15 is 0 Å². The van der Waals surface area contributed by atoms with Crippen molar-refractivity contribution in [2.24, 2.45) is 0 Å². The third-order valence-corrected chi connectivity index (χ3v) is 7.11. The Hall–Kier alpha value is -1.24. The third kappa shape index (κ3) is 3.39. The van der Waals surface area contributed by atoms with Gasteiger partial charge >= 0.3 is 7.60 Å². The van der Waals surface area contributed by atoms with Crippen LogP contribution in [0, 0.1) is 13.8 Å². The van der Waals surface area contributed by atoms with E-state index in [1.54, 1.807) is 18.4 Å². The Morgan fingerprint density at radius 2 is 1.88 bits per heavy atom. The first-order valence-corrected chi connectivity index (χ1v) is 10.2. The summed E-state index contributed by atoms with van der Waals surface area (Å²) in [7, 11) is -1.51. The average Bonchev–Trinajstić information content (AvgIpc) is 3.12. The van der Waals surface area contributed by atoms with Crippen molar-refractivity contribution in [2.45, 2.75) is 46.1 Å². The van der Waals surface area contributed by atoms with Crippen LogP contribution < -0.4 is 0 Å². The van der Waals surface area contributed by atoms with Gasteiger partial charge in [0.1, 0.15) is 5.78 Å². The number of benzene rings is 1. The smallest absolute Gasteiger partial charge is 0.308 e. The number of aryl methyl sites for hydroxylation is 2. The number of hydrogen-bond acceptors (Lipinski definition) is 6. The molecule has 1 aliphatic heterocycles. The van der Waals surface area contributed by atoms with Crippen molar-refractivity contribution >= 4 is 18.6 Å². The molecule has 1 aliphatic rings. The zero-order valence-corrected chi connectivity index (χ0v) is 16.3. The number of rotatable bonds is 6. The van der Waals surface area contributed by atoms with E-state index in [4.69, 9.17) is 13.9 Å². The molecule has 0 radical (unpaired) electrons. The second kappa shape index (κ2) is 7.17. The lowest BCUT2D eigenvalue weighted by Crippen LogP contribution is -2.25. The molecule has 0 bridgehead atoms. The molecule has 1 aromatic heterocycles. The zero-order valence-electron chi connectivity index (χ0n) is 15.4. The Bertz CT molecular complexity index is 797. The van der Waals surface area contributed by atoms with Gasteiger partial charge in [-0.25, -0.2) is 4.98 Å². The van der Waals surface area contributed by atoms with Crippen molar-refractivity contribution in [1.82, 2.24) is 14.6 Å². The minimum Gasteiger partial charge on any atom is -0.308 e. The number of aromatic nitrogens is 2. The predicted octanol–water partition coefficient (Wildman–Crippen LogP) is 4.01. The Morgan fingerprint density at radius 3 is 2.52 bits per heavy atom. The maximum Gasteiger partial charge on any atom is 0.350 e. The molecule has 0 aliphatic carbocycles. The Balaban J connectivity index is 1.91. The van der Waals surface area contributed by atoms with Gasteiger partial charge in [0.05, 0.1) is 30.6 Å². The van der Waals surface area contributed by atoms with Crippen LogP contribution in [-0.2, 0) is 18.5 Å². The second-order valence-corrected chi connectivity index (χ2v) is 8.47. The zero-order chi connectivity index (χ0) is 18.2. The first kappa shape index (κ1) is 18.5. The molecule has 7 nitrogen and oxygen atoms in total. The fourth-order valence-electron chi connectivity index (χ4n) is 3.21. The maximum absolute atomic E-state index is 13.1. The molecule has 3 rings (SSSR count). The van der Waals surface area contributed by atoms with Crippen LogP contribution in [-0.4, -0.2) is 40.7 Å². The molecule has 0 spiro atoms. The Labute approximate surface area is 148 Å².